The largest absolute Gasteiger partial charge is 0.364 e. The van der Waals surface area contributed by atoms with Gasteiger partial charge in [0.05, 0.1) is 24.8 Å². The molecule has 4 aromatic rings. The van der Waals surface area contributed by atoms with Crippen molar-refractivity contribution >= 4 is 15.7 Å². The molecule has 1 unspecified atom stereocenters. The highest BCUT2D eigenvalue weighted by molar-refractivity contribution is 7.88. The topological polar surface area (TPSA) is 69.3 Å². The quantitative estimate of drug-likeness (QED) is 0.450. The van der Waals surface area contributed by atoms with Gasteiger partial charge in [0.15, 0.2) is 0 Å². The molecule has 1 atom stereocenters. The van der Waals surface area contributed by atoms with Gasteiger partial charge in [0.2, 0.25) is 10.0 Å². The molecule has 0 bridgehead atoms. The Kier molecular flexibility index (Phi) is 6.22. The first-order chi connectivity index (χ1) is 16.5. The Hall–Kier alpha value is -3.42. The van der Waals surface area contributed by atoms with Crippen molar-refractivity contribution in [1.29, 1.82) is 0 Å². The Morgan fingerprint density at radius 3 is 2.38 bits per heavy atom. The van der Waals surface area contributed by atoms with Crippen LogP contribution >= 0.6 is 0 Å². The van der Waals surface area contributed by atoms with Crippen molar-refractivity contribution in [2.75, 3.05) is 17.7 Å². The number of nitrogens with zero attached hydrogens (tertiary/aromatic N) is 3. The smallest absolute Gasteiger partial charge is 0.211 e. The van der Waals surface area contributed by atoms with E-state index in [1.54, 1.807) is 10.6 Å². The summed E-state index contributed by atoms with van der Waals surface area (Å²) < 4.78 is 27.7. The minimum Gasteiger partial charge on any atom is -0.364 e. The van der Waals surface area contributed by atoms with E-state index in [9.17, 15) is 8.42 Å². The number of nitrogens with one attached hydrogen (secondary N) is 1. The van der Waals surface area contributed by atoms with Crippen molar-refractivity contribution in [3.8, 4) is 11.1 Å². The minimum absolute atomic E-state index is 0.205. The zero-order valence-electron chi connectivity index (χ0n) is 19.1. The molecule has 3 aromatic carbocycles. The number of H-pyrrole nitrogens is 1. The number of hydrogen-bond donors (Lipinski definition) is 1. The summed E-state index contributed by atoms with van der Waals surface area (Å²) in [5.74, 6) is 0. The number of hydrogen-bond acceptors (Lipinski definition) is 4. The summed E-state index contributed by atoms with van der Waals surface area (Å²) in [6.45, 7) is 1.51. The van der Waals surface area contributed by atoms with Crippen molar-refractivity contribution in [2.24, 2.45) is 0 Å². The average molecular weight is 473 g/mol. The summed E-state index contributed by atoms with van der Waals surface area (Å²) in [7, 11) is -3.44. The van der Waals surface area contributed by atoms with Gasteiger partial charge in [-0.3, -0.25) is 0 Å². The van der Waals surface area contributed by atoms with Gasteiger partial charge in [-0.25, -0.2) is 13.4 Å². The molecule has 0 amide bonds. The van der Waals surface area contributed by atoms with Gasteiger partial charge in [-0.15, -0.1) is 0 Å². The van der Waals surface area contributed by atoms with Crippen LogP contribution in [0, 0.1) is 0 Å². The molecule has 0 aliphatic carbocycles. The van der Waals surface area contributed by atoms with Gasteiger partial charge >= 0.3 is 0 Å². The van der Waals surface area contributed by atoms with Crippen LogP contribution in [0.4, 0.5) is 5.69 Å². The molecule has 0 saturated carbocycles. The molecular weight excluding hydrogens is 444 g/mol. The van der Waals surface area contributed by atoms with E-state index in [1.807, 2.05) is 42.6 Å². The molecule has 1 aliphatic heterocycles. The van der Waals surface area contributed by atoms with E-state index < -0.39 is 10.0 Å². The predicted molar refractivity (Wildman–Crippen MR) is 136 cm³/mol. The van der Waals surface area contributed by atoms with Crippen LogP contribution < -0.4 is 4.90 Å². The maximum absolute atomic E-state index is 13.0. The van der Waals surface area contributed by atoms with Crippen LogP contribution in [-0.4, -0.2) is 41.5 Å². The first-order valence-corrected chi connectivity index (χ1v) is 13.2. The van der Waals surface area contributed by atoms with Gasteiger partial charge in [-0.2, -0.15) is 4.31 Å². The van der Waals surface area contributed by atoms with E-state index in [4.69, 9.17) is 0 Å². The molecule has 5 rings (SSSR count). The third kappa shape index (κ3) is 4.90. The van der Waals surface area contributed by atoms with Crippen LogP contribution in [0.5, 0.6) is 0 Å². The highest BCUT2D eigenvalue weighted by Crippen LogP contribution is 2.34. The van der Waals surface area contributed by atoms with E-state index in [1.165, 1.54) is 6.26 Å². The summed E-state index contributed by atoms with van der Waals surface area (Å²) in [6.07, 6.45) is 5.53. The summed E-state index contributed by atoms with van der Waals surface area (Å²) in [6, 6.07) is 26.4. The van der Waals surface area contributed by atoms with Crippen LogP contribution in [0.15, 0.2) is 91.4 Å². The fourth-order valence-corrected chi connectivity index (χ4v) is 5.79. The molecule has 2 heterocycles. The zero-order valence-corrected chi connectivity index (χ0v) is 19.9. The van der Waals surface area contributed by atoms with Crippen LogP contribution in [0.1, 0.15) is 16.8 Å². The van der Waals surface area contributed by atoms with E-state index >= 15 is 0 Å². The maximum atomic E-state index is 13.0. The lowest BCUT2D eigenvalue weighted by Gasteiger charge is -2.31. The summed E-state index contributed by atoms with van der Waals surface area (Å²) in [5.41, 5.74) is 6.28. The normalized spacial score (nSPS) is 16.7. The van der Waals surface area contributed by atoms with Crippen LogP contribution in [0.25, 0.3) is 11.1 Å². The molecule has 0 fully saturated rings. The van der Waals surface area contributed by atoms with Crippen molar-refractivity contribution in [3.05, 3.63) is 108 Å². The number of sulfonamides is 1. The fourth-order valence-electron chi connectivity index (χ4n) is 4.73. The van der Waals surface area contributed by atoms with Crippen LogP contribution in [-0.2, 0) is 29.5 Å². The molecule has 6 nitrogen and oxygen atoms in total. The molecule has 0 radical (unpaired) electrons. The molecule has 174 valence electrons. The monoisotopic (exact) mass is 472 g/mol. The first kappa shape index (κ1) is 22.4. The number of benzene rings is 3. The van der Waals surface area contributed by atoms with Gasteiger partial charge in [0.25, 0.3) is 0 Å². The van der Waals surface area contributed by atoms with E-state index in [-0.39, 0.29) is 6.04 Å². The highest BCUT2D eigenvalue weighted by Gasteiger charge is 2.33. The zero-order chi connectivity index (χ0) is 23.5. The molecular formula is C27H28N4O2S. The third-order valence-corrected chi connectivity index (χ3v) is 7.62. The van der Waals surface area contributed by atoms with E-state index in [0.717, 1.165) is 33.6 Å². The number of anilines is 1. The standard InChI is InChI=1S/C27H28N4O2S/c1-34(32,33)31-17-24-15-23(22-10-6-3-7-11-22)12-13-27(24)30(18-25-16-28-20-29-25)19-26(31)14-21-8-4-2-5-9-21/h2-13,15-16,20,26H,14,17-19H2,1H3,(H,28,29). The molecule has 7 heteroatoms. The lowest BCUT2D eigenvalue weighted by molar-refractivity contribution is 0.320. The van der Waals surface area contributed by atoms with Crippen molar-refractivity contribution in [1.82, 2.24) is 14.3 Å². The second-order valence-electron chi connectivity index (χ2n) is 8.80. The Bertz CT molecular complexity index is 1340. The molecule has 0 spiro atoms. The van der Waals surface area contributed by atoms with Crippen molar-refractivity contribution in [3.63, 3.8) is 0 Å². The molecule has 1 aliphatic rings. The molecule has 0 saturated heterocycles. The Morgan fingerprint density at radius 2 is 1.71 bits per heavy atom. The minimum atomic E-state index is -3.44. The van der Waals surface area contributed by atoms with Gasteiger partial charge < -0.3 is 9.88 Å². The highest BCUT2D eigenvalue weighted by atomic mass is 32.2. The predicted octanol–water partition coefficient (Wildman–Crippen LogP) is 4.47. The number of fused-ring (bicyclic) bond motifs is 1. The van der Waals surface area contributed by atoms with Gasteiger partial charge in [0.1, 0.15) is 0 Å². The SMILES string of the molecule is CS(=O)(=O)N1Cc2cc(-c3ccccc3)ccc2N(Cc2c[nH]cn2)CC1Cc1ccccc1. The second-order valence-corrected chi connectivity index (χ2v) is 10.7. The van der Waals surface area contributed by atoms with Crippen LogP contribution in [0.2, 0.25) is 0 Å². The lowest BCUT2D eigenvalue weighted by Crippen LogP contribution is -2.45. The summed E-state index contributed by atoms with van der Waals surface area (Å²) in [5, 5.41) is 0. The van der Waals surface area contributed by atoms with Gasteiger partial charge in [0, 0.05) is 31.0 Å². The van der Waals surface area contributed by atoms with Gasteiger partial charge in [-0.1, -0.05) is 66.7 Å². The average Bonchev–Trinajstić information content (AvgIpc) is 3.30. The summed E-state index contributed by atoms with van der Waals surface area (Å²) in [4.78, 5) is 9.72. The number of rotatable bonds is 6. The summed E-state index contributed by atoms with van der Waals surface area (Å²) >= 11 is 0. The van der Waals surface area contributed by atoms with E-state index in [0.29, 0.717) is 26.1 Å². The molecule has 1 aromatic heterocycles. The van der Waals surface area contributed by atoms with Crippen molar-refractivity contribution in [2.45, 2.75) is 25.6 Å². The number of aromatic nitrogens is 2. The van der Waals surface area contributed by atoms with E-state index in [2.05, 4.69) is 57.3 Å². The first-order valence-electron chi connectivity index (χ1n) is 11.4. The maximum Gasteiger partial charge on any atom is 0.211 e. The Balaban J connectivity index is 1.58. The van der Waals surface area contributed by atoms with Crippen LogP contribution in [0.3, 0.4) is 0 Å². The molecule has 34 heavy (non-hydrogen) atoms. The number of aromatic amines is 1. The lowest BCUT2D eigenvalue weighted by atomic mass is 10.0. The van der Waals surface area contributed by atoms with Crippen molar-refractivity contribution < 1.29 is 8.42 Å². The Labute approximate surface area is 200 Å². The second kappa shape index (κ2) is 9.44. The fraction of sp³-hybridized carbons (Fsp3) is 0.222. The third-order valence-electron chi connectivity index (χ3n) is 6.34. The van der Waals surface area contributed by atoms with Gasteiger partial charge in [-0.05, 0) is 40.8 Å². The molecule has 1 N–H and O–H groups in total. The number of imidazole rings is 1. The Morgan fingerprint density at radius 1 is 0.971 bits per heavy atom.